The monoisotopic (exact) mass is 208 g/mol. The molecular weight excluding hydrogens is 188 g/mol. The third kappa shape index (κ3) is 3.83. The molecule has 0 bridgehead atoms. The first-order chi connectivity index (χ1) is 7.13. The van der Waals surface area contributed by atoms with E-state index in [-0.39, 0.29) is 0 Å². The Morgan fingerprint density at radius 3 is 2.67 bits per heavy atom. The van der Waals surface area contributed by atoms with Crippen LogP contribution in [-0.2, 0) is 0 Å². The van der Waals surface area contributed by atoms with Crippen LogP contribution in [0, 0.1) is 13.8 Å². The van der Waals surface area contributed by atoms with Gasteiger partial charge in [0, 0.05) is 13.1 Å². The smallest absolute Gasteiger partial charge is 0.144 e. The van der Waals surface area contributed by atoms with Crippen molar-refractivity contribution in [2.75, 3.05) is 32.0 Å². The highest BCUT2D eigenvalue weighted by Gasteiger charge is 1.99. The van der Waals surface area contributed by atoms with E-state index in [4.69, 9.17) is 0 Å². The van der Waals surface area contributed by atoms with Gasteiger partial charge in [0.15, 0.2) is 0 Å². The molecule has 0 saturated heterocycles. The topological polar surface area (TPSA) is 41.0 Å². The first kappa shape index (κ1) is 11.9. The van der Waals surface area contributed by atoms with Crippen molar-refractivity contribution in [3.8, 4) is 0 Å². The third-order valence-electron chi connectivity index (χ3n) is 2.53. The molecule has 1 heterocycles. The average molecular weight is 208 g/mol. The Morgan fingerprint density at radius 1 is 1.33 bits per heavy atom. The lowest BCUT2D eigenvalue weighted by molar-refractivity contribution is 0.367. The summed E-state index contributed by atoms with van der Waals surface area (Å²) in [4.78, 5) is 10.9. The van der Waals surface area contributed by atoms with Gasteiger partial charge in [-0.15, -0.1) is 0 Å². The van der Waals surface area contributed by atoms with Gasteiger partial charge in [-0.2, -0.15) is 0 Å². The molecule has 1 aromatic rings. The van der Waals surface area contributed by atoms with Crippen molar-refractivity contribution < 1.29 is 0 Å². The number of likely N-dealkylation sites (N-methyl/N-ethyl adjacent to an activating group) is 1. The second kappa shape index (κ2) is 5.66. The van der Waals surface area contributed by atoms with Crippen LogP contribution >= 0.6 is 0 Å². The molecule has 0 aliphatic heterocycles. The van der Waals surface area contributed by atoms with Crippen LogP contribution in [0.4, 0.5) is 5.82 Å². The van der Waals surface area contributed by atoms with E-state index < -0.39 is 0 Å². The zero-order valence-electron chi connectivity index (χ0n) is 10.0. The summed E-state index contributed by atoms with van der Waals surface area (Å²) in [5.41, 5.74) is 1.98. The molecule has 0 spiro atoms. The van der Waals surface area contributed by atoms with Gasteiger partial charge in [0.2, 0.25) is 0 Å². The fourth-order valence-electron chi connectivity index (χ4n) is 1.16. The first-order valence-corrected chi connectivity index (χ1v) is 5.36. The Kier molecular flexibility index (Phi) is 4.49. The van der Waals surface area contributed by atoms with E-state index >= 15 is 0 Å². The standard InChI is InChI=1S/C11H20N4/c1-5-15(4)7-6-12-11-8-13-9(2)10(3)14-11/h8H,5-7H2,1-4H3,(H,12,14). The van der Waals surface area contributed by atoms with Crippen LogP contribution in [-0.4, -0.2) is 41.5 Å². The second-order valence-corrected chi connectivity index (χ2v) is 3.75. The van der Waals surface area contributed by atoms with Gasteiger partial charge in [-0.25, -0.2) is 4.98 Å². The highest BCUT2D eigenvalue weighted by molar-refractivity contribution is 5.33. The molecule has 0 aliphatic rings. The van der Waals surface area contributed by atoms with E-state index in [1.165, 1.54) is 0 Å². The third-order valence-corrected chi connectivity index (χ3v) is 2.53. The minimum absolute atomic E-state index is 0.864. The highest BCUT2D eigenvalue weighted by Crippen LogP contribution is 2.04. The Bertz CT molecular complexity index is 311. The minimum Gasteiger partial charge on any atom is -0.368 e. The molecule has 0 amide bonds. The number of aromatic nitrogens is 2. The number of hydrogen-bond donors (Lipinski definition) is 1. The highest BCUT2D eigenvalue weighted by atomic mass is 15.1. The summed E-state index contributed by atoms with van der Waals surface area (Å²) in [6.45, 7) is 9.09. The maximum absolute atomic E-state index is 4.40. The molecule has 0 fully saturated rings. The maximum Gasteiger partial charge on any atom is 0.144 e. The normalized spacial score (nSPS) is 10.7. The van der Waals surface area contributed by atoms with Crippen molar-refractivity contribution in [3.05, 3.63) is 17.6 Å². The Balaban J connectivity index is 2.41. The van der Waals surface area contributed by atoms with Gasteiger partial charge < -0.3 is 10.2 Å². The minimum atomic E-state index is 0.864. The van der Waals surface area contributed by atoms with Crippen molar-refractivity contribution in [1.82, 2.24) is 14.9 Å². The SMILES string of the molecule is CCN(C)CCNc1cnc(C)c(C)n1. The number of nitrogens with one attached hydrogen (secondary N) is 1. The molecule has 0 saturated carbocycles. The van der Waals surface area contributed by atoms with Crippen LogP contribution < -0.4 is 5.32 Å². The van der Waals surface area contributed by atoms with Crippen molar-refractivity contribution in [1.29, 1.82) is 0 Å². The molecule has 1 aromatic heterocycles. The van der Waals surface area contributed by atoms with Crippen LogP contribution in [0.1, 0.15) is 18.3 Å². The number of anilines is 1. The summed E-state index contributed by atoms with van der Waals surface area (Å²) in [5, 5.41) is 3.26. The number of hydrogen-bond acceptors (Lipinski definition) is 4. The van der Waals surface area contributed by atoms with Gasteiger partial charge in [0.05, 0.1) is 17.6 Å². The van der Waals surface area contributed by atoms with Gasteiger partial charge in [-0.05, 0) is 27.4 Å². The molecule has 1 rings (SSSR count). The predicted molar refractivity (Wildman–Crippen MR) is 63.2 cm³/mol. The Morgan fingerprint density at radius 2 is 2.07 bits per heavy atom. The first-order valence-electron chi connectivity index (χ1n) is 5.36. The average Bonchev–Trinajstić information content (AvgIpc) is 2.23. The predicted octanol–water partition coefficient (Wildman–Crippen LogP) is 1.46. The van der Waals surface area contributed by atoms with Gasteiger partial charge >= 0.3 is 0 Å². The number of nitrogens with zero attached hydrogens (tertiary/aromatic N) is 3. The molecule has 0 radical (unpaired) electrons. The summed E-state index contributed by atoms with van der Waals surface area (Å²) >= 11 is 0. The van der Waals surface area contributed by atoms with Crippen molar-refractivity contribution in [3.63, 3.8) is 0 Å². The summed E-state index contributed by atoms with van der Waals surface area (Å²) in [6.07, 6.45) is 1.79. The van der Waals surface area contributed by atoms with E-state index in [2.05, 4.69) is 34.2 Å². The lowest BCUT2D eigenvalue weighted by Gasteiger charge is -2.14. The van der Waals surface area contributed by atoms with Crippen LogP contribution in [0.5, 0.6) is 0 Å². The molecule has 0 unspecified atom stereocenters. The van der Waals surface area contributed by atoms with Crippen LogP contribution in [0.2, 0.25) is 0 Å². The summed E-state index contributed by atoms with van der Waals surface area (Å²) in [5.74, 6) is 0.864. The molecule has 0 atom stereocenters. The number of rotatable bonds is 5. The van der Waals surface area contributed by atoms with E-state index in [9.17, 15) is 0 Å². The quantitative estimate of drug-likeness (QED) is 0.795. The van der Waals surface area contributed by atoms with Gasteiger partial charge in [0.1, 0.15) is 5.82 Å². The second-order valence-electron chi connectivity index (χ2n) is 3.75. The Hall–Kier alpha value is -1.16. The van der Waals surface area contributed by atoms with Crippen molar-refractivity contribution in [2.45, 2.75) is 20.8 Å². The van der Waals surface area contributed by atoms with Gasteiger partial charge in [-0.3, -0.25) is 4.98 Å². The zero-order chi connectivity index (χ0) is 11.3. The molecule has 0 aromatic carbocycles. The molecule has 4 nitrogen and oxygen atoms in total. The van der Waals surface area contributed by atoms with Gasteiger partial charge in [-0.1, -0.05) is 6.92 Å². The van der Waals surface area contributed by atoms with Crippen LogP contribution in [0.15, 0.2) is 6.20 Å². The van der Waals surface area contributed by atoms with Crippen molar-refractivity contribution >= 4 is 5.82 Å². The van der Waals surface area contributed by atoms with Crippen molar-refractivity contribution in [2.24, 2.45) is 0 Å². The molecule has 1 N–H and O–H groups in total. The molecule has 84 valence electrons. The summed E-state index contributed by atoms with van der Waals surface area (Å²) < 4.78 is 0. The van der Waals surface area contributed by atoms with Gasteiger partial charge in [0.25, 0.3) is 0 Å². The summed E-state index contributed by atoms with van der Waals surface area (Å²) in [6, 6.07) is 0. The number of aryl methyl sites for hydroxylation is 2. The lowest BCUT2D eigenvalue weighted by atomic mass is 10.3. The lowest BCUT2D eigenvalue weighted by Crippen LogP contribution is -2.25. The molecular formula is C11H20N4. The Labute approximate surface area is 91.7 Å². The van der Waals surface area contributed by atoms with Crippen LogP contribution in [0.25, 0.3) is 0 Å². The molecule has 4 heteroatoms. The fraction of sp³-hybridized carbons (Fsp3) is 0.636. The largest absolute Gasteiger partial charge is 0.368 e. The maximum atomic E-state index is 4.40. The van der Waals surface area contributed by atoms with E-state index in [0.29, 0.717) is 0 Å². The molecule has 15 heavy (non-hydrogen) atoms. The fourth-order valence-corrected chi connectivity index (χ4v) is 1.16. The van der Waals surface area contributed by atoms with E-state index in [1.54, 1.807) is 6.20 Å². The summed E-state index contributed by atoms with van der Waals surface area (Å²) in [7, 11) is 2.10. The zero-order valence-corrected chi connectivity index (χ0v) is 10.0. The molecule has 0 aliphatic carbocycles. The van der Waals surface area contributed by atoms with Crippen LogP contribution in [0.3, 0.4) is 0 Å². The van der Waals surface area contributed by atoms with E-state index in [1.807, 2.05) is 13.8 Å². The van der Waals surface area contributed by atoms with E-state index in [0.717, 1.165) is 36.8 Å².